The number of nitrogens with two attached hydrogens (primary N) is 1. The summed E-state index contributed by atoms with van der Waals surface area (Å²) in [5, 5.41) is 0. The maximum Gasteiger partial charge on any atom is 0.0576 e. The molecule has 0 aromatic heterocycles. The maximum atomic E-state index is 5.93. The summed E-state index contributed by atoms with van der Waals surface area (Å²) in [6.45, 7) is 1.91. The molecule has 2 rings (SSSR count). The molecule has 3 unspecified atom stereocenters. The van der Waals surface area contributed by atoms with Crippen molar-refractivity contribution in [3.05, 3.63) is 0 Å². The number of hydrogen-bond donors (Lipinski definition) is 1. The van der Waals surface area contributed by atoms with Crippen molar-refractivity contribution < 1.29 is 4.74 Å². The molecule has 100 valence electrons. The Labute approximate surface area is 106 Å². The summed E-state index contributed by atoms with van der Waals surface area (Å²) in [4.78, 5) is 0. The van der Waals surface area contributed by atoms with Crippen LogP contribution in [0.3, 0.4) is 0 Å². The maximum absolute atomic E-state index is 5.93. The lowest BCUT2D eigenvalue weighted by Crippen LogP contribution is -2.22. The fourth-order valence-electron chi connectivity index (χ4n) is 3.63. The molecule has 2 fully saturated rings. The van der Waals surface area contributed by atoms with Crippen LogP contribution in [-0.2, 0) is 4.74 Å². The summed E-state index contributed by atoms with van der Waals surface area (Å²) in [5.74, 6) is 1.71. The molecule has 0 bridgehead atoms. The first-order valence-corrected chi connectivity index (χ1v) is 7.72. The van der Waals surface area contributed by atoms with Gasteiger partial charge >= 0.3 is 0 Å². The van der Waals surface area contributed by atoms with Gasteiger partial charge in [0.15, 0.2) is 0 Å². The third-order valence-corrected chi connectivity index (χ3v) is 4.74. The fraction of sp³-hybridized carbons (Fsp3) is 1.00. The number of ether oxygens (including phenoxy) is 1. The molecule has 2 nitrogen and oxygen atoms in total. The predicted molar refractivity (Wildman–Crippen MR) is 71.9 cm³/mol. The molecule has 1 saturated carbocycles. The van der Waals surface area contributed by atoms with Gasteiger partial charge in [0.05, 0.1) is 6.10 Å². The van der Waals surface area contributed by atoms with Crippen molar-refractivity contribution in [3.8, 4) is 0 Å². The summed E-state index contributed by atoms with van der Waals surface area (Å²) in [6, 6.07) is 0. The second-order valence-corrected chi connectivity index (χ2v) is 5.96. The van der Waals surface area contributed by atoms with E-state index in [1.807, 2.05) is 0 Å². The third-order valence-electron chi connectivity index (χ3n) is 4.74. The Hall–Kier alpha value is -0.0800. The highest BCUT2D eigenvalue weighted by molar-refractivity contribution is 4.75. The first-order valence-electron chi connectivity index (χ1n) is 7.72. The van der Waals surface area contributed by atoms with E-state index in [9.17, 15) is 0 Å². The van der Waals surface area contributed by atoms with Crippen LogP contribution >= 0.6 is 0 Å². The van der Waals surface area contributed by atoms with Crippen molar-refractivity contribution in [1.29, 1.82) is 0 Å². The molecule has 17 heavy (non-hydrogen) atoms. The molecule has 1 heterocycles. The normalized spacial score (nSPS) is 34.8. The van der Waals surface area contributed by atoms with E-state index in [-0.39, 0.29) is 0 Å². The van der Waals surface area contributed by atoms with Gasteiger partial charge in [-0.15, -0.1) is 0 Å². The lowest BCUT2D eigenvalue weighted by atomic mass is 9.84. The van der Waals surface area contributed by atoms with Gasteiger partial charge in [-0.05, 0) is 44.1 Å². The summed E-state index contributed by atoms with van der Waals surface area (Å²) in [6.07, 6.45) is 14.3. The molecular weight excluding hydrogens is 210 g/mol. The van der Waals surface area contributed by atoms with Crippen molar-refractivity contribution >= 4 is 0 Å². The molecule has 0 radical (unpaired) electrons. The zero-order valence-electron chi connectivity index (χ0n) is 11.2. The van der Waals surface area contributed by atoms with Crippen LogP contribution in [0.2, 0.25) is 0 Å². The van der Waals surface area contributed by atoms with E-state index in [1.165, 1.54) is 64.2 Å². The lowest BCUT2D eigenvalue weighted by molar-refractivity contribution is 0.0994. The van der Waals surface area contributed by atoms with Crippen LogP contribution in [0.25, 0.3) is 0 Å². The van der Waals surface area contributed by atoms with E-state index < -0.39 is 0 Å². The summed E-state index contributed by atoms with van der Waals surface area (Å²) < 4.78 is 5.70. The van der Waals surface area contributed by atoms with Gasteiger partial charge in [0.2, 0.25) is 0 Å². The van der Waals surface area contributed by atoms with E-state index in [2.05, 4.69) is 0 Å². The molecule has 2 heteroatoms. The number of hydrogen-bond acceptors (Lipinski definition) is 2. The Balaban J connectivity index is 1.67. The third kappa shape index (κ3) is 4.26. The summed E-state index contributed by atoms with van der Waals surface area (Å²) in [7, 11) is 0. The minimum Gasteiger partial charge on any atom is -0.378 e. The summed E-state index contributed by atoms with van der Waals surface area (Å²) in [5.41, 5.74) is 5.93. The van der Waals surface area contributed by atoms with E-state index in [0.29, 0.717) is 6.10 Å². The second kappa shape index (κ2) is 7.38. The molecule has 1 aliphatic carbocycles. The van der Waals surface area contributed by atoms with Gasteiger partial charge in [0, 0.05) is 6.61 Å². The molecule has 0 amide bonds. The largest absolute Gasteiger partial charge is 0.378 e. The SMILES string of the molecule is NCC1CCCCCC1CCCC1CCCO1. The van der Waals surface area contributed by atoms with Crippen LogP contribution in [-0.4, -0.2) is 19.3 Å². The molecule has 0 spiro atoms. The standard InChI is InChI=1S/C15H29NO/c16-12-14-7-3-1-2-6-13(14)8-4-9-15-10-5-11-17-15/h13-15H,1-12,16H2. The summed E-state index contributed by atoms with van der Waals surface area (Å²) >= 11 is 0. The van der Waals surface area contributed by atoms with E-state index >= 15 is 0 Å². The Morgan fingerprint density at radius 3 is 2.41 bits per heavy atom. The highest BCUT2D eigenvalue weighted by Gasteiger charge is 2.23. The molecular formula is C15H29NO. The predicted octanol–water partition coefficient (Wildman–Crippen LogP) is 3.49. The van der Waals surface area contributed by atoms with Crippen LogP contribution < -0.4 is 5.73 Å². The van der Waals surface area contributed by atoms with Gasteiger partial charge in [-0.3, -0.25) is 0 Å². The van der Waals surface area contributed by atoms with Crippen molar-refractivity contribution in [2.24, 2.45) is 17.6 Å². The monoisotopic (exact) mass is 239 g/mol. The average molecular weight is 239 g/mol. The van der Waals surface area contributed by atoms with Gasteiger partial charge in [-0.25, -0.2) is 0 Å². The van der Waals surface area contributed by atoms with Crippen LogP contribution in [0.5, 0.6) is 0 Å². The molecule has 1 saturated heterocycles. The molecule has 1 aliphatic heterocycles. The van der Waals surface area contributed by atoms with Gasteiger partial charge in [0.25, 0.3) is 0 Å². The first-order chi connectivity index (χ1) is 8.40. The second-order valence-electron chi connectivity index (χ2n) is 5.96. The Morgan fingerprint density at radius 1 is 0.882 bits per heavy atom. The Morgan fingerprint density at radius 2 is 1.71 bits per heavy atom. The topological polar surface area (TPSA) is 35.2 Å². The van der Waals surface area contributed by atoms with Crippen molar-refractivity contribution in [2.45, 2.75) is 70.3 Å². The van der Waals surface area contributed by atoms with Crippen LogP contribution in [0.1, 0.15) is 64.2 Å². The molecule has 2 aliphatic rings. The molecule has 0 aromatic rings. The van der Waals surface area contributed by atoms with Gasteiger partial charge in [-0.2, -0.15) is 0 Å². The highest BCUT2D eigenvalue weighted by atomic mass is 16.5. The fourth-order valence-corrected chi connectivity index (χ4v) is 3.63. The smallest absolute Gasteiger partial charge is 0.0576 e. The molecule has 2 N–H and O–H groups in total. The van der Waals surface area contributed by atoms with Gasteiger partial charge < -0.3 is 10.5 Å². The van der Waals surface area contributed by atoms with Gasteiger partial charge in [-0.1, -0.05) is 38.5 Å². The molecule has 0 aromatic carbocycles. The van der Waals surface area contributed by atoms with Gasteiger partial charge in [0.1, 0.15) is 0 Å². The Kier molecular flexibility index (Phi) is 5.79. The first kappa shape index (κ1) is 13.4. The highest BCUT2D eigenvalue weighted by Crippen LogP contribution is 2.32. The van der Waals surface area contributed by atoms with E-state index in [0.717, 1.165) is 25.0 Å². The van der Waals surface area contributed by atoms with E-state index in [1.54, 1.807) is 0 Å². The molecule has 3 atom stereocenters. The van der Waals surface area contributed by atoms with Crippen molar-refractivity contribution in [2.75, 3.05) is 13.2 Å². The Bertz CT molecular complexity index is 201. The average Bonchev–Trinajstić information content (AvgIpc) is 2.75. The minimum absolute atomic E-state index is 0.581. The quantitative estimate of drug-likeness (QED) is 0.745. The minimum atomic E-state index is 0.581. The van der Waals surface area contributed by atoms with Crippen LogP contribution in [0, 0.1) is 11.8 Å². The van der Waals surface area contributed by atoms with Crippen LogP contribution in [0.15, 0.2) is 0 Å². The zero-order valence-corrected chi connectivity index (χ0v) is 11.2. The van der Waals surface area contributed by atoms with Crippen molar-refractivity contribution in [1.82, 2.24) is 0 Å². The van der Waals surface area contributed by atoms with Crippen LogP contribution in [0.4, 0.5) is 0 Å². The lowest BCUT2D eigenvalue weighted by Gasteiger charge is -2.24. The van der Waals surface area contributed by atoms with Crippen molar-refractivity contribution in [3.63, 3.8) is 0 Å². The van der Waals surface area contributed by atoms with E-state index in [4.69, 9.17) is 10.5 Å². The zero-order chi connectivity index (χ0) is 11.9. The number of rotatable bonds is 5.